The van der Waals surface area contributed by atoms with E-state index in [9.17, 15) is 8.42 Å². The highest BCUT2D eigenvalue weighted by Crippen LogP contribution is 2.02. The normalized spacial score (nSPS) is 11.9. The van der Waals surface area contributed by atoms with Gasteiger partial charge in [-0.25, -0.2) is 13.1 Å². The molecule has 0 bridgehead atoms. The molecule has 0 aliphatic heterocycles. The molecule has 1 aromatic heterocycles. The molecule has 0 aliphatic rings. The molecule has 1 heterocycles. The van der Waals surface area contributed by atoms with Crippen LogP contribution in [0.15, 0.2) is 18.3 Å². The number of hydrogen-bond donors (Lipinski definition) is 2. The van der Waals surface area contributed by atoms with Gasteiger partial charge in [0.05, 0.1) is 6.26 Å². The lowest BCUT2D eigenvalue weighted by Gasteiger charge is -2.09. The van der Waals surface area contributed by atoms with E-state index in [1.807, 2.05) is 6.07 Å². The van der Waals surface area contributed by atoms with Crippen LogP contribution >= 0.6 is 0 Å². The molecule has 0 saturated heterocycles. The van der Waals surface area contributed by atoms with Crippen LogP contribution in [0, 0.1) is 0 Å². The molecule has 0 saturated carbocycles. The van der Waals surface area contributed by atoms with Crippen LogP contribution in [0.5, 0.6) is 0 Å². The molecule has 0 spiro atoms. The molecular weight excluding hydrogens is 238 g/mol. The lowest BCUT2D eigenvalue weighted by atomic mass is 10.4. The fraction of sp³-hybridized carbons (Fsp3) is 0.636. The first kappa shape index (κ1) is 14.2. The summed E-state index contributed by atoms with van der Waals surface area (Å²) in [6, 6.07) is 4.11. The van der Waals surface area contributed by atoms with Crippen molar-refractivity contribution >= 4 is 10.0 Å². The van der Waals surface area contributed by atoms with Crippen molar-refractivity contribution in [3.8, 4) is 0 Å². The summed E-state index contributed by atoms with van der Waals surface area (Å²) >= 11 is 0. The highest BCUT2D eigenvalue weighted by molar-refractivity contribution is 7.88. The van der Waals surface area contributed by atoms with Crippen LogP contribution in [0.25, 0.3) is 0 Å². The number of nitrogens with zero attached hydrogens (tertiary/aromatic N) is 1. The largest absolute Gasteiger partial charge is 0.350 e. The molecule has 1 aromatic rings. The molecule has 2 N–H and O–H groups in total. The average molecular weight is 259 g/mol. The van der Waals surface area contributed by atoms with E-state index in [0.29, 0.717) is 13.1 Å². The smallest absolute Gasteiger partial charge is 0.208 e. The fourth-order valence-electron chi connectivity index (χ4n) is 1.61. The van der Waals surface area contributed by atoms with Gasteiger partial charge in [0.1, 0.15) is 0 Å². The molecule has 0 atom stereocenters. The summed E-state index contributed by atoms with van der Waals surface area (Å²) < 4.78 is 26.3. The van der Waals surface area contributed by atoms with Crippen LogP contribution in [0.1, 0.15) is 19.0 Å². The SMILES string of the molecule is CCCn1cccc1CNCCNS(C)(=O)=O. The third-order valence-electron chi connectivity index (χ3n) is 2.36. The van der Waals surface area contributed by atoms with Gasteiger partial charge in [-0.2, -0.15) is 0 Å². The Morgan fingerprint density at radius 1 is 1.35 bits per heavy atom. The molecule has 6 heteroatoms. The van der Waals surface area contributed by atoms with E-state index < -0.39 is 10.0 Å². The van der Waals surface area contributed by atoms with E-state index in [2.05, 4.69) is 33.8 Å². The van der Waals surface area contributed by atoms with Crippen molar-refractivity contribution in [2.75, 3.05) is 19.3 Å². The standard InChI is InChI=1S/C11H21N3O2S/c1-3-8-14-9-4-5-11(14)10-12-6-7-13-17(2,15)16/h4-5,9,12-13H,3,6-8,10H2,1-2H3. The van der Waals surface area contributed by atoms with E-state index in [1.54, 1.807) is 0 Å². The Labute approximate surface area is 103 Å². The first-order valence-corrected chi connectivity index (χ1v) is 7.71. The molecule has 0 amide bonds. The van der Waals surface area contributed by atoms with Gasteiger partial charge in [-0.15, -0.1) is 0 Å². The predicted molar refractivity (Wildman–Crippen MR) is 69.3 cm³/mol. The molecule has 0 fully saturated rings. The Kier molecular flexibility index (Phi) is 5.67. The maximum Gasteiger partial charge on any atom is 0.208 e. The first-order valence-electron chi connectivity index (χ1n) is 5.82. The van der Waals surface area contributed by atoms with E-state index in [4.69, 9.17) is 0 Å². The van der Waals surface area contributed by atoms with Gasteiger partial charge in [0.2, 0.25) is 10.0 Å². The average Bonchev–Trinajstić information content (AvgIpc) is 2.64. The lowest BCUT2D eigenvalue weighted by molar-refractivity contribution is 0.574. The Morgan fingerprint density at radius 3 is 2.76 bits per heavy atom. The van der Waals surface area contributed by atoms with Gasteiger partial charge in [0.25, 0.3) is 0 Å². The molecule has 17 heavy (non-hydrogen) atoms. The lowest BCUT2D eigenvalue weighted by Crippen LogP contribution is -2.31. The van der Waals surface area contributed by atoms with Gasteiger partial charge in [-0.05, 0) is 18.6 Å². The molecule has 98 valence electrons. The third-order valence-corrected chi connectivity index (χ3v) is 3.09. The zero-order valence-corrected chi connectivity index (χ0v) is 11.3. The number of nitrogens with one attached hydrogen (secondary N) is 2. The van der Waals surface area contributed by atoms with Crippen LogP contribution in [0.2, 0.25) is 0 Å². The van der Waals surface area contributed by atoms with Crippen LogP contribution < -0.4 is 10.0 Å². The minimum atomic E-state index is -3.07. The Balaban J connectivity index is 2.24. The first-order chi connectivity index (χ1) is 8.03. The van der Waals surface area contributed by atoms with Crippen molar-refractivity contribution in [1.82, 2.24) is 14.6 Å². The Bertz CT molecular complexity index is 426. The van der Waals surface area contributed by atoms with Gasteiger partial charge < -0.3 is 9.88 Å². The van der Waals surface area contributed by atoms with Crippen molar-refractivity contribution < 1.29 is 8.42 Å². The van der Waals surface area contributed by atoms with Crippen molar-refractivity contribution in [1.29, 1.82) is 0 Å². The number of aromatic nitrogens is 1. The summed E-state index contributed by atoms with van der Waals surface area (Å²) in [4.78, 5) is 0. The summed E-state index contributed by atoms with van der Waals surface area (Å²) in [6.07, 6.45) is 4.34. The van der Waals surface area contributed by atoms with Gasteiger partial charge in [0.15, 0.2) is 0 Å². The van der Waals surface area contributed by atoms with E-state index in [0.717, 1.165) is 19.5 Å². The van der Waals surface area contributed by atoms with Crippen molar-refractivity contribution in [2.45, 2.75) is 26.4 Å². The topological polar surface area (TPSA) is 63.1 Å². The maximum atomic E-state index is 10.8. The van der Waals surface area contributed by atoms with Gasteiger partial charge in [-0.3, -0.25) is 0 Å². The minimum absolute atomic E-state index is 0.424. The quantitative estimate of drug-likeness (QED) is 0.670. The molecular formula is C11H21N3O2S. The molecule has 5 nitrogen and oxygen atoms in total. The second-order valence-corrected chi connectivity index (χ2v) is 5.87. The maximum absolute atomic E-state index is 10.8. The van der Waals surface area contributed by atoms with E-state index >= 15 is 0 Å². The highest BCUT2D eigenvalue weighted by Gasteiger charge is 2.01. The summed E-state index contributed by atoms with van der Waals surface area (Å²) in [5.74, 6) is 0. The summed E-state index contributed by atoms with van der Waals surface area (Å²) in [5.41, 5.74) is 1.23. The predicted octanol–water partition coefficient (Wildman–Crippen LogP) is 0.537. The Morgan fingerprint density at radius 2 is 2.12 bits per heavy atom. The van der Waals surface area contributed by atoms with Crippen LogP contribution in [0.4, 0.5) is 0 Å². The molecule has 0 unspecified atom stereocenters. The molecule has 0 aromatic carbocycles. The Hall–Kier alpha value is -0.850. The zero-order chi connectivity index (χ0) is 12.7. The van der Waals surface area contributed by atoms with Crippen LogP contribution in [0.3, 0.4) is 0 Å². The van der Waals surface area contributed by atoms with Crippen LogP contribution in [-0.2, 0) is 23.1 Å². The number of sulfonamides is 1. The minimum Gasteiger partial charge on any atom is -0.350 e. The second-order valence-electron chi connectivity index (χ2n) is 4.04. The second kappa shape index (κ2) is 6.78. The third kappa shape index (κ3) is 5.86. The van der Waals surface area contributed by atoms with Crippen molar-refractivity contribution in [3.05, 3.63) is 24.0 Å². The highest BCUT2D eigenvalue weighted by atomic mass is 32.2. The molecule has 0 aliphatic carbocycles. The fourth-order valence-corrected chi connectivity index (χ4v) is 2.08. The number of aryl methyl sites for hydroxylation is 1. The number of rotatable bonds is 8. The zero-order valence-electron chi connectivity index (χ0n) is 10.4. The number of hydrogen-bond acceptors (Lipinski definition) is 3. The van der Waals surface area contributed by atoms with Gasteiger partial charge >= 0.3 is 0 Å². The monoisotopic (exact) mass is 259 g/mol. The molecule has 1 rings (SSSR count). The van der Waals surface area contributed by atoms with Crippen LogP contribution in [-0.4, -0.2) is 32.3 Å². The van der Waals surface area contributed by atoms with Gasteiger partial charge in [-0.1, -0.05) is 6.92 Å². The molecule has 0 radical (unpaired) electrons. The van der Waals surface area contributed by atoms with Gasteiger partial charge in [0, 0.05) is 38.1 Å². The van der Waals surface area contributed by atoms with Crippen molar-refractivity contribution in [3.63, 3.8) is 0 Å². The van der Waals surface area contributed by atoms with Crippen molar-refractivity contribution in [2.24, 2.45) is 0 Å². The summed E-state index contributed by atoms with van der Waals surface area (Å²) in [7, 11) is -3.07. The summed E-state index contributed by atoms with van der Waals surface area (Å²) in [6.45, 7) is 4.98. The van der Waals surface area contributed by atoms with E-state index in [-0.39, 0.29) is 0 Å². The summed E-state index contributed by atoms with van der Waals surface area (Å²) in [5, 5.41) is 3.21. The van der Waals surface area contributed by atoms with E-state index in [1.165, 1.54) is 11.9 Å².